The predicted octanol–water partition coefficient (Wildman–Crippen LogP) is -2.04. The molecule has 3 saturated heterocycles. The van der Waals surface area contributed by atoms with Crippen molar-refractivity contribution < 1.29 is 128 Å². The molecule has 4 heterocycles. The van der Waals surface area contributed by atoms with Crippen LogP contribution in [-0.2, 0) is 47.6 Å². The van der Waals surface area contributed by atoms with E-state index in [-0.39, 0.29) is 50.9 Å². The zero-order chi connectivity index (χ0) is 51.7. The SMILES string of the molecule is COc1cc(/C=C/C(=O)OC2C(OC3C(OC4C(O)C(Oc5cc(O)c6c(=O)cc(-c7ccc(O)c(OC)c7)oc6c5)OC(C(=O)O)C4O)OC(C(=O)O)C(O)C3O)OC(C(=O)O)C(O)C2O)ccc1O. The van der Waals surface area contributed by atoms with Crippen molar-refractivity contribution in [1.82, 2.24) is 0 Å². The van der Waals surface area contributed by atoms with Crippen molar-refractivity contribution in [3.63, 3.8) is 0 Å². The number of carbonyl (C=O) groups excluding carboxylic acids is 1. The van der Waals surface area contributed by atoms with Gasteiger partial charge in [0.1, 0.15) is 77.1 Å². The Kier molecular flexibility index (Phi) is 15.3. The van der Waals surface area contributed by atoms with Crippen LogP contribution in [0.3, 0.4) is 0 Å². The van der Waals surface area contributed by atoms with E-state index in [1.165, 1.54) is 50.6 Å². The van der Waals surface area contributed by atoms with E-state index in [4.69, 9.17) is 47.0 Å². The molecule has 27 nitrogen and oxygen atoms in total. The topological polar surface area (TPSA) is 424 Å². The van der Waals surface area contributed by atoms with Gasteiger partial charge in [-0.05, 0) is 42.0 Å². The number of esters is 1. The fraction of sp³-hybridized carbons (Fsp3) is 0.386. The Morgan fingerprint density at radius 2 is 1.11 bits per heavy atom. The van der Waals surface area contributed by atoms with Crippen LogP contribution in [0, 0.1) is 0 Å². The van der Waals surface area contributed by atoms with E-state index < -0.39 is 133 Å². The number of aliphatic hydroxyl groups excluding tert-OH is 6. The maximum absolute atomic E-state index is 13.2. The molecule has 0 amide bonds. The van der Waals surface area contributed by atoms with E-state index in [1.54, 1.807) is 0 Å². The number of aliphatic hydroxyl groups is 6. The number of rotatable bonds is 15. The molecule has 4 aromatic rings. The Bertz CT molecular complexity index is 2740. The van der Waals surface area contributed by atoms with Crippen LogP contribution in [0.5, 0.6) is 34.5 Å². The van der Waals surface area contributed by atoms with Crippen LogP contribution < -0.4 is 19.6 Å². The molecule has 12 N–H and O–H groups in total. The summed E-state index contributed by atoms with van der Waals surface area (Å²) in [5.41, 5.74) is -0.606. The van der Waals surface area contributed by atoms with Gasteiger partial charge in [-0.15, -0.1) is 0 Å². The first kappa shape index (κ1) is 51.7. The molecule has 0 radical (unpaired) electrons. The summed E-state index contributed by atoms with van der Waals surface area (Å²) in [5, 5.41) is 127. The molecular formula is C44H44O27. The second kappa shape index (κ2) is 21.1. The number of hydrogen-bond donors (Lipinski definition) is 12. The van der Waals surface area contributed by atoms with Crippen LogP contribution >= 0.6 is 0 Å². The lowest BCUT2D eigenvalue weighted by molar-refractivity contribution is -0.379. The minimum atomic E-state index is -2.49. The second-order valence-electron chi connectivity index (χ2n) is 15.9. The quantitative estimate of drug-likeness (QED) is 0.0451. The molecule has 15 unspecified atom stereocenters. The summed E-state index contributed by atoms with van der Waals surface area (Å²) >= 11 is 0. The van der Waals surface area contributed by atoms with Crippen molar-refractivity contribution in [2.75, 3.05) is 14.2 Å². The number of phenolic OH excluding ortho intramolecular Hbond substituents is 3. The molecule has 7 rings (SSSR count). The first-order chi connectivity index (χ1) is 33.6. The van der Waals surface area contributed by atoms with Gasteiger partial charge in [0.15, 0.2) is 65.4 Å². The molecule has 382 valence electrons. The summed E-state index contributed by atoms with van der Waals surface area (Å²) in [7, 11) is 2.53. The summed E-state index contributed by atoms with van der Waals surface area (Å²) in [6.07, 6.45) is -33.7. The smallest absolute Gasteiger partial charge is 0.335 e. The zero-order valence-electron chi connectivity index (χ0n) is 36.5. The highest BCUT2D eigenvalue weighted by Gasteiger charge is 2.57. The van der Waals surface area contributed by atoms with Gasteiger partial charge in [0, 0.05) is 29.8 Å². The van der Waals surface area contributed by atoms with Crippen molar-refractivity contribution in [3.05, 3.63) is 76.5 Å². The van der Waals surface area contributed by atoms with Crippen LogP contribution in [0.1, 0.15) is 5.56 Å². The molecule has 71 heavy (non-hydrogen) atoms. The number of phenols is 3. The average molecular weight is 1000 g/mol. The third kappa shape index (κ3) is 10.6. The summed E-state index contributed by atoms with van der Waals surface area (Å²) in [6, 6.07) is 10.8. The highest BCUT2D eigenvalue weighted by atomic mass is 16.8. The molecular weight excluding hydrogens is 960 g/mol. The molecule has 3 aromatic carbocycles. The summed E-state index contributed by atoms with van der Waals surface area (Å²) in [5.74, 6) is -8.84. The number of benzene rings is 3. The summed E-state index contributed by atoms with van der Waals surface area (Å²) < 4.78 is 54.5. The first-order valence-corrected chi connectivity index (χ1v) is 20.8. The standard InChI is InChI=1S/C44H44O27/c1-62-22-9-14(3-6-17(22)45)4-8-25(49)66-37-29(52)27(50)34(39(56)57)69-43(37)71-38-30(53)28(51)35(40(58)59)70-44(38)67-33-31(54)36(41(60)61)68-42(32(33)55)64-16-11-19(47)26-20(48)13-21(65-24(26)12-16)15-5-7-18(46)23(10-15)63-2/h3-13,27-38,42-47,50-55H,1-2H3,(H,56,57)(H,58,59)(H,60,61)/b8-4+. The Morgan fingerprint density at radius 3 is 1.72 bits per heavy atom. The fourth-order valence-corrected chi connectivity index (χ4v) is 7.73. The van der Waals surface area contributed by atoms with Gasteiger partial charge in [-0.1, -0.05) is 6.07 Å². The number of aromatic hydroxyl groups is 3. The molecule has 27 heteroatoms. The first-order valence-electron chi connectivity index (χ1n) is 20.8. The van der Waals surface area contributed by atoms with Crippen LogP contribution in [0.25, 0.3) is 28.4 Å². The van der Waals surface area contributed by atoms with Crippen LogP contribution in [0.2, 0.25) is 0 Å². The van der Waals surface area contributed by atoms with E-state index in [9.17, 15) is 85.3 Å². The van der Waals surface area contributed by atoms with E-state index >= 15 is 0 Å². The molecule has 0 aliphatic carbocycles. The van der Waals surface area contributed by atoms with Crippen molar-refractivity contribution in [1.29, 1.82) is 0 Å². The van der Waals surface area contributed by atoms with Gasteiger partial charge in [0.2, 0.25) is 6.29 Å². The third-order valence-electron chi connectivity index (χ3n) is 11.3. The fourth-order valence-electron chi connectivity index (χ4n) is 7.73. The second-order valence-corrected chi connectivity index (χ2v) is 15.9. The highest BCUT2D eigenvalue weighted by molar-refractivity contribution is 5.88. The van der Waals surface area contributed by atoms with E-state index in [0.717, 1.165) is 30.4 Å². The molecule has 0 saturated carbocycles. The zero-order valence-corrected chi connectivity index (χ0v) is 36.5. The number of fused-ring (bicyclic) bond motifs is 1. The van der Waals surface area contributed by atoms with Gasteiger partial charge in [-0.25, -0.2) is 19.2 Å². The normalized spacial score (nSPS) is 30.9. The predicted molar refractivity (Wildman–Crippen MR) is 227 cm³/mol. The lowest BCUT2D eigenvalue weighted by atomic mass is 9.95. The molecule has 15 atom stereocenters. The highest BCUT2D eigenvalue weighted by Crippen LogP contribution is 2.38. The van der Waals surface area contributed by atoms with Gasteiger partial charge in [-0.2, -0.15) is 0 Å². The number of carbonyl (C=O) groups is 4. The molecule has 0 spiro atoms. The van der Waals surface area contributed by atoms with Crippen LogP contribution in [-0.4, -0.2) is 191 Å². The van der Waals surface area contributed by atoms with Gasteiger partial charge in [0.05, 0.1) is 14.2 Å². The van der Waals surface area contributed by atoms with Crippen LogP contribution in [0.4, 0.5) is 0 Å². The number of carboxylic acid groups (broad SMARTS) is 3. The monoisotopic (exact) mass is 1000 g/mol. The Morgan fingerprint density at radius 1 is 0.577 bits per heavy atom. The van der Waals surface area contributed by atoms with Gasteiger partial charge >= 0.3 is 23.9 Å². The Hall–Kier alpha value is -7.15. The van der Waals surface area contributed by atoms with Crippen molar-refractivity contribution >= 4 is 40.9 Å². The molecule has 3 fully saturated rings. The number of methoxy groups -OCH3 is 2. The molecule has 1 aromatic heterocycles. The number of carboxylic acids is 3. The maximum atomic E-state index is 13.2. The maximum Gasteiger partial charge on any atom is 0.335 e. The number of aliphatic carboxylic acids is 3. The minimum absolute atomic E-state index is 0.0119. The minimum Gasteiger partial charge on any atom is -0.507 e. The Balaban J connectivity index is 1.19. The summed E-state index contributed by atoms with van der Waals surface area (Å²) in [6.45, 7) is 0. The largest absolute Gasteiger partial charge is 0.507 e. The molecule has 3 aliphatic rings. The lowest BCUT2D eigenvalue weighted by Crippen LogP contribution is -2.68. The number of ether oxygens (including phenoxy) is 9. The van der Waals surface area contributed by atoms with Gasteiger partial charge in [-0.3, -0.25) is 4.79 Å². The van der Waals surface area contributed by atoms with Gasteiger partial charge in [0.25, 0.3) is 0 Å². The molecule has 0 bridgehead atoms. The summed E-state index contributed by atoms with van der Waals surface area (Å²) in [4.78, 5) is 63.1. The van der Waals surface area contributed by atoms with E-state index in [0.29, 0.717) is 0 Å². The van der Waals surface area contributed by atoms with E-state index in [2.05, 4.69) is 0 Å². The lowest BCUT2D eigenvalue weighted by Gasteiger charge is -2.47. The average Bonchev–Trinajstić information content (AvgIpc) is 3.32. The number of hydrogen-bond acceptors (Lipinski definition) is 24. The third-order valence-corrected chi connectivity index (χ3v) is 11.3. The van der Waals surface area contributed by atoms with Crippen LogP contribution in [0.15, 0.2) is 69.9 Å². The van der Waals surface area contributed by atoms with Crippen molar-refractivity contribution in [3.8, 4) is 45.8 Å². The van der Waals surface area contributed by atoms with Crippen molar-refractivity contribution in [2.45, 2.75) is 92.1 Å². The Labute approximate surface area is 396 Å². The van der Waals surface area contributed by atoms with Crippen molar-refractivity contribution in [2.24, 2.45) is 0 Å². The van der Waals surface area contributed by atoms with Gasteiger partial charge < -0.3 is 108 Å². The van der Waals surface area contributed by atoms with E-state index in [1.807, 2.05) is 0 Å². The molecule has 3 aliphatic heterocycles.